The lowest BCUT2D eigenvalue weighted by Gasteiger charge is -2.47. The number of likely N-dealkylation sites (N-methyl/N-ethyl adjacent to an activating group) is 2. The van der Waals surface area contributed by atoms with E-state index in [1.807, 2.05) is 44.8 Å². The molecular weight excluding hydrogens is 700 g/mol. The third-order valence-corrected chi connectivity index (χ3v) is 11.3. The summed E-state index contributed by atoms with van der Waals surface area (Å²) in [5.74, 6) is -3.91. The summed E-state index contributed by atoms with van der Waals surface area (Å²) in [7, 11) is 6.97. The van der Waals surface area contributed by atoms with Crippen molar-refractivity contribution in [1.29, 1.82) is 0 Å². The third kappa shape index (κ3) is 11.2. The fraction of sp³-hybridized carbons (Fsp3) is 0.800. The molecule has 15 atom stereocenters. The minimum Gasteiger partial charge on any atom is -0.459 e. The van der Waals surface area contributed by atoms with Crippen LogP contribution in [0, 0.1) is 17.8 Å². The molecule has 4 N–H and O–H groups in total. The highest BCUT2D eigenvalue weighted by atomic mass is 16.7. The second-order valence-electron chi connectivity index (χ2n) is 16.4. The summed E-state index contributed by atoms with van der Waals surface area (Å²) >= 11 is 0. The molecule has 0 aliphatic carbocycles. The number of benzene rings is 1. The first-order valence-electron chi connectivity index (χ1n) is 19.2. The topological polar surface area (TPSA) is 177 Å². The van der Waals surface area contributed by atoms with Crippen LogP contribution in [-0.4, -0.2) is 150 Å². The van der Waals surface area contributed by atoms with Crippen LogP contribution in [0.4, 0.5) is 0 Å². The number of carbonyl (C=O) groups excluding carboxylic acids is 2. The first-order chi connectivity index (χ1) is 25.2. The number of carbonyl (C=O) groups is 2. The normalized spacial score (nSPS) is 40.0. The maximum absolute atomic E-state index is 14.2. The van der Waals surface area contributed by atoms with E-state index in [1.165, 1.54) is 14.0 Å². The van der Waals surface area contributed by atoms with Gasteiger partial charge in [0, 0.05) is 31.7 Å². The van der Waals surface area contributed by atoms with Crippen LogP contribution in [0.25, 0.3) is 0 Å². The Hall–Kier alpha value is -2.24. The number of ether oxygens (including phenoxy) is 6. The van der Waals surface area contributed by atoms with Crippen molar-refractivity contribution >= 4 is 11.9 Å². The maximum Gasteiger partial charge on any atom is 0.340 e. The van der Waals surface area contributed by atoms with Crippen LogP contribution >= 0.6 is 0 Å². The molecule has 0 radical (unpaired) electrons. The van der Waals surface area contributed by atoms with E-state index < -0.39 is 83.9 Å². The highest BCUT2D eigenvalue weighted by Crippen LogP contribution is 2.38. The Bertz CT molecular complexity index is 1310. The zero-order valence-electron chi connectivity index (χ0n) is 34.4. The van der Waals surface area contributed by atoms with Crippen molar-refractivity contribution in [3.8, 4) is 0 Å². The predicted octanol–water partition coefficient (Wildman–Crippen LogP) is 2.89. The largest absolute Gasteiger partial charge is 0.459 e. The first-order valence-corrected chi connectivity index (χ1v) is 19.2. The zero-order chi connectivity index (χ0) is 40.7. The van der Waals surface area contributed by atoms with E-state index in [0.717, 1.165) is 0 Å². The van der Waals surface area contributed by atoms with Crippen molar-refractivity contribution in [1.82, 2.24) is 9.80 Å². The molecule has 0 bridgehead atoms. The number of hydrogen-bond donors (Lipinski definition) is 4. The van der Waals surface area contributed by atoms with E-state index in [4.69, 9.17) is 28.4 Å². The Labute approximate surface area is 322 Å². The molecule has 54 heavy (non-hydrogen) atoms. The lowest BCUT2D eigenvalue weighted by molar-refractivity contribution is -0.299. The van der Waals surface area contributed by atoms with Gasteiger partial charge in [0.05, 0.1) is 23.7 Å². The van der Waals surface area contributed by atoms with Gasteiger partial charge in [0.25, 0.3) is 0 Å². The average molecular weight is 769 g/mol. The molecule has 2 heterocycles. The fourth-order valence-corrected chi connectivity index (χ4v) is 8.19. The molecule has 2 aliphatic heterocycles. The maximum atomic E-state index is 14.2. The Balaban J connectivity index is 2.20. The van der Waals surface area contributed by atoms with Crippen LogP contribution in [0.5, 0.6) is 0 Å². The van der Waals surface area contributed by atoms with Crippen molar-refractivity contribution in [2.45, 2.75) is 147 Å². The van der Waals surface area contributed by atoms with Gasteiger partial charge in [-0.1, -0.05) is 51.1 Å². The number of nitrogens with zero attached hydrogens (tertiary/aromatic N) is 2. The van der Waals surface area contributed by atoms with Gasteiger partial charge in [-0.25, -0.2) is 4.79 Å². The van der Waals surface area contributed by atoms with Gasteiger partial charge in [-0.15, -0.1) is 0 Å². The summed E-state index contributed by atoms with van der Waals surface area (Å²) in [6.45, 7) is 13.9. The molecule has 310 valence electrons. The molecule has 0 aromatic heterocycles. The molecule has 14 heteroatoms. The second-order valence-corrected chi connectivity index (χ2v) is 16.4. The van der Waals surface area contributed by atoms with E-state index >= 15 is 0 Å². The second kappa shape index (κ2) is 19.8. The molecule has 2 fully saturated rings. The van der Waals surface area contributed by atoms with Gasteiger partial charge in [-0.05, 0) is 86.5 Å². The Morgan fingerprint density at radius 3 is 2.28 bits per heavy atom. The van der Waals surface area contributed by atoms with Gasteiger partial charge in [0.1, 0.15) is 36.8 Å². The molecule has 0 amide bonds. The van der Waals surface area contributed by atoms with E-state index in [9.17, 15) is 30.0 Å². The number of methoxy groups -OCH3 is 1. The van der Waals surface area contributed by atoms with E-state index in [1.54, 1.807) is 65.0 Å². The Morgan fingerprint density at radius 1 is 1.07 bits per heavy atom. The van der Waals surface area contributed by atoms with E-state index in [-0.39, 0.29) is 37.7 Å². The van der Waals surface area contributed by atoms with E-state index in [0.29, 0.717) is 18.5 Å². The van der Waals surface area contributed by atoms with Gasteiger partial charge < -0.3 is 58.6 Å². The predicted molar refractivity (Wildman–Crippen MR) is 201 cm³/mol. The number of aliphatic hydroxyl groups excluding tert-OH is 2. The van der Waals surface area contributed by atoms with Crippen molar-refractivity contribution in [3.63, 3.8) is 0 Å². The lowest BCUT2D eigenvalue weighted by atomic mass is 9.77. The lowest BCUT2D eigenvalue weighted by Crippen LogP contribution is -2.59. The molecular formula is C40H68N2O12. The molecule has 3 rings (SSSR count). The highest BCUT2D eigenvalue weighted by Gasteiger charge is 2.51. The van der Waals surface area contributed by atoms with Gasteiger partial charge in [-0.2, -0.15) is 0 Å². The average Bonchev–Trinajstić information content (AvgIpc) is 3.11. The number of esters is 2. The third-order valence-electron chi connectivity index (χ3n) is 11.3. The van der Waals surface area contributed by atoms with Crippen LogP contribution in [0.3, 0.4) is 0 Å². The number of cyclic esters (lactones) is 1. The summed E-state index contributed by atoms with van der Waals surface area (Å²) in [6.07, 6.45) is -7.81. The Kier molecular flexibility index (Phi) is 16.9. The summed E-state index contributed by atoms with van der Waals surface area (Å²) < 4.78 is 36.0. The number of aliphatic hydroxyl groups is 4. The molecule has 1 unspecified atom stereocenters. The summed E-state index contributed by atoms with van der Waals surface area (Å²) in [6, 6.07) is 7.83. The first kappa shape index (κ1) is 46.1. The summed E-state index contributed by atoms with van der Waals surface area (Å²) in [4.78, 5) is 32.2. The van der Waals surface area contributed by atoms with Gasteiger partial charge in [-0.3, -0.25) is 4.79 Å². The molecule has 1 aromatic carbocycles. The molecule has 14 nitrogen and oxygen atoms in total. The number of hydrogen-bond acceptors (Lipinski definition) is 14. The molecule has 0 saturated carbocycles. The molecule has 0 spiro atoms. The quantitative estimate of drug-likeness (QED) is 0.202. The number of rotatable bonds is 10. The summed E-state index contributed by atoms with van der Waals surface area (Å²) in [5, 5.41) is 47.2. The smallest absolute Gasteiger partial charge is 0.340 e. The zero-order valence-corrected chi connectivity index (χ0v) is 34.4. The van der Waals surface area contributed by atoms with Gasteiger partial charge in [0.2, 0.25) is 0 Å². The molecule has 1 aromatic rings. The van der Waals surface area contributed by atoms with Crippen molar-refractivity contribution in [2.24, 2.45) is 17.8 Å². The summed E-state index contributed by atoms with van der Waals surface area (Å²) in [5.41, 5.74) is -3.00. The minimum atomic E-state index is -1.85. The molecule has 2 aliphatic rings. The highest BCUT2D eigenvalue weighted by molar-refractivity contribution is 5.78. The Morgan fingerprint density at radius 2 is 1.70 bits per heavy atom. The monoisotopic (exact) mass is 768 g/mol. The van der Waals surface area contributed by atoms with E-state index in [2.05, 4.69) is 0 Å². The SMILES string of the molecule is CC[C@H]1OC(=O)[C@H](C)[C@@H](OC(=O)C(OCOC)c2ccccc2)[C@H](C)[C@@H](O[C@@H]2O[C@H](C)C[C@H](N(C)C)[C@H]2O)[C@](C)(O)C[C@@H](C)CN(C)[C@H](C)[C@@H](O)[C@]1(C)O. The standard InChI is InChI=1S/C40H68N2O12/c1-13-30-40(8,48)34(44)27(6)42(11)21-23(2)20-39(7,47)35(54-38-31(43)29(41(9)10)19-24(3)51-38)25(4)32(26(5)36(45)52-30)53-37(46)33(50-22-49-12)28-17-15-14-16-18-28/h14-18,23-27,29-35,38,43-44,47-48H,13,19-22H2,1-12H3/t23-,24-,25+,26-,27-,29+,30-,31-,32+,33?,34-,35-,38+,39-,40-/m1/s1. The molecule has 2 saturated heterocycles. The van der Waals surface area contributed by atoms with Crippen LogP contribution in [0.1, 0.15) is 86.3 Å². The minimum absolute atomic E-state index is 0.168. The van der Waals surface area contributed by atoms with Crippen LogP contribution < -0.4 is 0 Å². The van der Waals surface area contributed by atoms with Gasteiger partial charge >= 0.3 is 11.9 Å². The van der Waals surface area contributed by atoms with Crippen molar-refractivity contribution in [2.75, 3.05) is 41.6 Å². The van der Waals surface area contributed by atoms with Crippen LogP contribution in [0.2, 0.25) is 0 Å². The van der Waals surface area contributed by atoms with Crippen LogP contribution in [-0.2, 0) is 38.0 Å². The van der Waals surface area contributed by atoms with Crippen LogP contribution in [0.15, 0.2) is 30.3 Å². The fourth-order valence-electron chi connectivity index (χ4n) is 8.19. The van der Waals surface area contributed by atoms with Gasteiger partial charge in [0.15, 0.2) is 12.4 Å². The van der Waals surface area contributed by atoms with Crippen molar-refractivity contribution < 1.29 is 58.4 Å². The van der Waals surface area contributed by atoms with Crippen molar-refractivity contribution in [3.05, 3.63) is 35.9 Å².